The number of carbonyl (C=O) groups excluding carboxylic acids is 2. The lowest BCUT2D eigenvalue weighted by molar-refractivity contribution is -0.150. The number of amides is 2. The number of nitrogens with zero attached hydrogens (tertiary/aromatic N) is 2. The van der Waals surface area contributed by atoms with Gasteiger partial charge in [0, 0.05) is 17.5 Å². The van der Waals surface area contributed by atoms with Crippen LogP contribution in [0.25, 0.3) is 0 Å². The maximum atomic E-state index is 14.7. The number of carboxylic acid groups (broad SMARTS) is 1. The molecule has 8 heteroatoms. The van der Waals surface area contributed by atoms with Crippen molar-refractivity contribution >= 4 is 35.2 Å². The highest BCUT2D eigenvalue weighted by molar-refractivity contribution is 8.02. The molecule has 1 aromatic rings. The SMILES string of the molecule is C=CCN(C(=O)C1N([C@@H](CO)[C@@H](C)CC)C(=O)[C@@H]2[C@@H](C(=O)O)[C@H]3CC(C)C12S3)c1cc(C)ccc1C. The fraction of sp³-hybridized carbons (Fsp3) is 0.607. The van der Waals surface area contributed by atoms with Gasteiger partial charge < -0.3 is 20.0 Å². The molecular formula is C28H38N2O5S. The van der Waals surface area contributed by atoms with E-state index in [-0.39, 0.29) is 42.1 Å². The summed E-state index contributed by atoms with van der Waals surface area (Å²) in [6.07, 6.45) is 3.05. The topological polar surface area (TPSA) is 98.2 Å². The van der Waals surface area contributed by atoms with Crippen LogP contribution >= 0.6 is 11.8 Å². The number of hydrogen-bond acceptors (Lipinski definition) is 5. The molecule has 3 fully saturated rings. The molecule has 0 radical (unpaired) electrons. The molecule has 2 amide bonds. The van der Waals surface area contributed by atoms with Gasteiger partial charge in [-0.3, -0.25) is 14.4 Å². The molecule has 3 aliphatic rings. The summed E-state index contributed by atoms with van der Waals surface area (Å²) in [4.78, 5) is 44.5. The van der Waals surface area contributed by atoms with E-state index in [1.807, 2.05) is 52.8 Å². The smallest absolute Gasteiger partial charge is 0.308 e. The summed E-state index contributed by atoms with van der Waals surface area (Å²) >= 11 is 1.52. The van der Waals surface area contributed by atoms with Crippen LogP contribution in [0, 0.1) is 37.5 Å². The highest BCUT2D eigenvalue weighted by Gasteiger charge is 2.77. The van der Waals surface area contributed by atoms with Crippen molar-refractivity contribution < 1.29 is 24.6 Å². The molecular weight excluding hydrogens is 476 g/mol. The molecule has 1 spiro atoms. The van der Waals surface area contributed by atoms with Crippen molar-refractivity contribution in [3.8, 4) is 0 Å². The third-order valence-corrected chi connectivity index (χ3v) is 10.9. The van der Waals surface area contributed by atoms with Crippen molar-refractivity contribution in [3.05, 3.63) is 42.0 Å². The number of rotatable bonds is 9. The Morgan fingerprint density at radius 1 is 1.36 bits per heavy atom. The highest BCUT2D eigenvalue weighted by atomic mass is 32.2. The zero-order valence-corrected chi connectivity index (χ0v) is 22.6. The molecule has 3 heterocycles. The van der Waals surface area contributed by atoms with Gasteiger partial charge in [0.1, 0.15) is 6.04 Å². The number of benzene rings is 1. The second-order valence-corrected chi connectivity index (χ2v) is 12.3. The van der Waals surface area contributed by atoms with Crippen molar-refractivity contribution in [3.63, 3.8) is 0 Å². The van der Waals surface area contributed by atoms with Crippen molar-refractivity contribution in [2.75, 3.05) is 18.1 Å². The van der Waals surface area contributed by atoms with Gasteiger partial charge in [0.05, 0.1) is 29.2 Å². The number of thioether (sulfide) groups is 1. The van der Waals surface area contributed by atoms with Crippen molar-refractivity contribution in [2.45, 2.75) is 69.5 Å². The third kappa shape index (κ3) is 3.79. The maximum absolute atomic E-state index is 14.7. The number of aryl methyl sites for hydroxylation is 2. The van der Waals surface area contributed by atoms with Gasteiger partial charge in [-0.2, -0.15) is 0 Å². The Morgan fingerprint density at radius 3 is 2.64 bits per heavy atom. The first-order valence-corrected chi connectivity index (χ1v) is 13.8. The monoisotopic (exact) mass is 514 g/mol. The number of likely N-dealkylation sites (tertiary alicyclic amines) is 1. The molecule has 0 saturated carbocycles. The number of aliphatic hydroxyl groups is 1. The lowest BCUT2D eigenvalue weighted by Crippen LogP contribution is -2.60. The Bertz CT molecular complexity index is 1080. The number of anilines is 1. The van der Waals surface area contributed by atoms with Gasteiger partial charge >= 0.3 is 5.97 Å². The van der Waals surface area contributed by atoms with Crippen molar-refractivity contribution in [1.82, 2.24) is 4.90 Å². The van der Waals surface area contributed by atoms with E-state index in [4.69, 9.17) is 0 Å². The predicted molar refractivity (Wildman–Crippen MR) is 142 cm³/mol. The van der Waals surface area contributed by atoms with Gasteiger partial charge in [-0.1, -0.05) is 45.4 Å². The fourth-order valence-electron chi connectivity index (χ4n) is 6.79. The zero-order chi connectivity index (χ0) is 26.5. The summed E-state index contributed by atoms with van der Waals surface area (Å²) in [6, 6.07) is 4.50. The Kier molecular flexibility index (Phi) is 7.32. The van der Waals surface area contributed by atoms with Gasteiger partial charge in [-0.05, 0) is 49.3 Å². The molecule has 0 aromatic heterocycles. The Morgan fingerprint density at radius 2 is 2.06 bits per heavy atom. The molecule has 4 rings (SSSR count). The molecule has 2 N–H and O–H groups in total. The van der Waals surface area contributed by atoms with Gasteiger partial charge in [-0.25, -0.2) is 0 Å². The van der Waals surface area contributed by atoms with Crippen LogP contribution in [0.15, 0.2) is 30.9 Å². The molecule has 196 valence electrons. The molecule has 2 bridgehead atoms. The fourth-order valence-corrected chi connectivity index (χ4v) is 9.18. The number of carbonyl (C=O) groups is 3. The average Bonchev–Trinajstić information content (AvgIpc) is 3.43. The Balaban J connectivity index is 1.91. The predicted octanol–water partition coefficient (Wildman–Crippen LogP) is 3.65. The Labute approximate surface area is 217 Å². The molecule has 7 nitrogen and oxygen atoms in total. The zero-order valence-electron chi connectivity index (χ0n) is 21.8. The van der Waals surface area contributed by atoms with Crippen LogP contribution in [-0.4, -0.2) is 68.1 Å². The van der Waals surface area contributed by atoms with Crippen molar-refractivity contribution in [1.29, 1.82) is 0 Å². The quantitative estimate of drug-likeness (QED) is 0.488. The number of fused-ring (bicyclic) bond motifs is 1. The van der Waals surface area contributed by atoms with Gasteiger partial charge in [0.2, 0.25) is 5.91 Å². The van der Waals surface area contributed by atoms with Gasteiger partial charge in [0.15, 0.2) is 0 Å². The summed E-state index contributed by atoms with van der Waals surface area (Å²) in [6.45, 7) is 13.8. The normalized spacial score (nSPS) is 32.3. The summed E-state index contributed by atoms with van der Waals surface area (Å²) < 4.78 is -0.847. The largest absolute Gasteiger partial charge is 0.481 e. The second-order valence-electron chi connectivity index (χ2n) is 10.8. The van der Waals surface area contributed by atoms with Crippen LogP contribution in [0.3, 0.4) is 0 Å². The molecule has 1 aromatic carbocycles. The summed E-state index contributed by atoms with van der Waals surface area (Å²) in [5.74, 6) is -3.20. The number of aliphatic carboxylic acids is 1. The van der Waals surface area contributed by atoms with Crippen LogP contribution in [-0.2, 0) is 14.4 Å². The molecule has 3 aliphatic heterocycles. The summed E-state index contributed by atoms with van der Waals surface area (Å²) in [5, 5.41) is 20.4. The Hall–Kier alpha value is -2.32. The van der Waals surface area contributed by atoms with Crippen LogP contribution < -0.4 is 4.90 Å². The van der Waals surface area contributed by atoms with Crippen LogP contribution in [0.5, 0.6) is 0 Å². The minimum atomic E-state index is -0.978. The van der Waals surface area contributed by atoms with Crippen LogP contribution in [0.2, 0.25) is 0 Å². The summed E-state index contributed by atoms with van der Waals surface area (Å²) in [5.41, 5.74) is 2.70. The van der Waals surface area contributed by atoms with Crippen LogP contribution in [0.4, 0.5) is 5.69 Å². The van der Waals surface area contributed by atoms with E-state index < -0.39 is 34.6 Å². The molecule has 3 saturated heterocycles. The van der Waals surface area contributed by atoms with E-state index in [1.54, 1.807) is 15.9 Å². The van der Waals surface area contributed by atoms with Gasteiger partial charge in [0.25, 0.3) is 5.91 Å². The highest BCUT2D eigenvalue weighted by Crippen LogP contribution is 2.69. The first-order valence-electron chi connectivity index (χ1n) is 12.9. The third-order valence-electron chi connectivity index (χ3n) is 8.78. The maximum Gasteiger partial charge on any atom is 0.308 e. The minimum Gasteiger partial charge on any atom is -0.481 e. The van der Waals surface area contributed by atoms with Crippen molar-refractivity contribution in [2.24, 2.45) is 23.7 Å². The van der Waals surface area contributed by atoms with E-state index in [0.717, 1.165) is 16.8 Å². The standard InChI is InChI=1S/C28H38N2O5S/c1-7-11-29(19-12-15(3)9-10-17(19)5)26(33)24-28-18(6)13-21(36-28)22(27(34)35)23(28)25(32)30(24)20(14-31)16(4)8-2/h7,9-10,12,16,18,20-24,31H,1,8,11,13-14H2,2-6H3,(H,34,35)/t16-,18?,20-,21+,22-,23-,24?,28?/m0/s1. The molecule has 8 atom stereocenters. The van der Waals surface area contributed by atoms with E-state index in [2.05, 4.69) is 6.58 Å². The van der Waals surface area contributed by atoms with E-state index in [0.29, 0.717) is 12.8 Å². The molecule has 3 unspecified atom stereocenters. The van der Waals surface area contributed by atoms with E-state index >= 15 is 0 Å². The lowest BCUT2D eigenvalue weighted by Gasteiger charge is -2.43. The summed E-state index contributed by atoms with van der Waals surface area (Å²) in [7, 11) is 0. The first kappa shape index (κ1) is 26.7. The second kappa shape index (κ2) is 9.86. The minimum absolute atomic E-state index is 0.0172. The number of hydrogen-bond donors (Lipinski definition) is 2. The molecule has 0 aliphatic carbocycles. The van der Waals surface area contributed by atoms with E-state index in [1.165, 1.54) is 11.8 Å². The van der Waals surface area contributed by atoms with E-state index in [9.17, 15) is 24.6 Å². The van der Waals surface area contributed by atoms with Gasteiger partial charge in [-0.15, -0.1) is 18.3 Å². The lowest BCUT2D eigenvalue weighted by atomic mass is 9.66. The number of aliphatic hydroxyl groups excluding tert-OH is 1. The molecule has 36 heavy (non-hydrogen) atoms. The first-order chi connectivity index (χ1) is 17.0. The van der Waals surface area contributed by atoms with Crippen LogP contribution in [0.1, 0.15) is 44.7 Å². The average molecular weight is 515 g/mol. The number of carboxylic acids is 1.